The van der Waals surface area contributed by atoms with Gasteiger partial charge in [-0.25, -0.2) is 0 Å². The zero-order chi connectivity index (χ0) is 16.2. The molecule has 2 aromatic carbocycles. The van der Waals surface area contributed by atoms with Crippen LogP contribution in [0.5, 0.6) is 5.75 Å². The van der Waals surface area contributed by atoms with Crippen LogP contribution in [0.15, 0.2) is 42.5 Å². The summed E-state index contributed by atoms with van der Waals surface area (Å²) < 4.78 is 5.82. The van der Waals surface area contributed by atoms with Crippen molar-refractivity contribution in [3.05, 3.63) is 58.6 Å². The molecular weight excluding hydrogens is 308 g/mol. The molecule has 3 nitrogen and oxygen atoms in total. The van der Waals surface area contributed by atoms with E-state index in [1.54, 1.807) is 0 Å². The standard InChI is InChI=1S/C19H23ClN2O/c1-13(21-12-16-5-3-4-6-17(16)20)9-15-7-8-19-18(10-15)22-11-14(2)23-19/h3-8,10,13-14,21-22H,9,11-12H2,1-2H3. The van der Waals surface area contributed by atoms with E-state index in [0.717, 1.165) is 41.5 Å². The maximum Gasteiger partial charge on any atom is 0.142 e. The Balaban J connectivity index is 1.58. The zero-order valence-corrected chi connectivity index (χ0v) is 14.4. The van der Waals surface area contributed by atoms with Crippen LogP contribution >= 0.6 is 11.6 Å². The summed E-state index contributed by atoms with van der Waals surface area (Å²) in [5, 5.41) is 7.78. The first-order chi connectivity index (χ1) is 11.1. The number of fused-ring (bicyclic) bond motifs is 1. The van der Waals surface area contributed by atoms with Crippen LogP contribution in [-0.4, -0.2) is 18.7 Å². The lowest BCUT2D eigenvalue weighted by molar-refractivity contribution is 0.226. The molecule has 1 heterocycles. The Morgan fingerprint density at radius 3 is 2.96 bits per heavy atom. The second-order valence-electron chi connectivity index (χ2n) is 6.22. The predicted octanol–water partition coefficient (Wildman–Crippen LogP) is 4.25. The molecule has 0 spiro atoms. The van der Waals surface area contributed by atoms with Crippen molar-refractivity contribution in [2.45, 2.75) is 39.0 Å². The third kappa shape index (κ3) is 4.18. The molecule has 0 radical (unpaired) electrons. The number of benzene rings is 2. The molecule has 2 atom stereocenters. The highest BCUT2D eigenvalue weighted by Crippen LogP contribution is 2.30. The molecule has 0 aliphatic carbocycles. The normalized spacial score (nSPS) is 17.8. The maximum atomic E-state index is 6.20. The van der Waals surface area contributed by atoms with Crippen LogP contribution < -0.4 is 15.4 Å². The van der Waals surface area contributed by atoms with Crippen molar-refractivity contribution >= 4 is 17.3 Å². The largest absolute Gasteiger partial charge is 0.487 e. The van der Waals surface area contributed by atoms with Gasteiger partial charge in [-0.2, -0.15) is 0 Å². The molecule has 3 rings (SSSR count). The van der Waals surface area contributed by atoms with Gasteiger partial charge in [0, 0.05) is 17.6 Å². The summed E-state index contributed by atoms with van der Waals surface area (Å²) in [7, 11) is 0. The van der Waals surface area contributed by atoms with Crippen molar-refractivity contribution in [3.63, 3.8) is 0 Å². The molecule has 122 valence electrons. The molecule has 2 unspecified atom stereocenters. The lowest BCUT2D eigenvalue weighted by Crippen LogP contribution is -2.29. The molecule has 2 N–H and O–H groups in total. The highest BCUT2D eigenvalue weighted by molar-refractivity contribution is 6.31. The maximum absolute atomic E-state index is 6.20. The number of rotatable bonds is 5. The average Bonchev–Trinajstić information content (AvgIpc) is 2.54. The van der Waals surface area contributed by atoms with Gasteiger partial charge in [0.05, 0.1) is 12.2 Å². The van der Waals surface area contributed by atoms with Gasteiger partial charge >= 0.3 is 0 Å². The minimum Gasteiger partial charge on any atom is -0.487 e. The summed E-state index contributed by atoms with van der Waals surface area (Å²) in [4.78, 5) is 0. The third-order valence-electron chi connectivity index (χ3n) is 4.09. The van der Waals surface area contributed by atoms with Gasteiger partial charge in [-0.1, -0.05) is 35.9 Å². The lowest BCUT2D eigenvalue weighted by Gasteiger charge is -2.25. The summed E-state index contributed by atoms with van der Waals surface area (Å²) >= 11 is 6.20. The number of nitrogens with one attached hydrogen (secondary N) is 2. The van der Waals surface area contributed by atoms with E-state index in [4.69, 9.17) is 16.3 Å². The summed E-state index contributed by atoms with van der Waals surface area (Å²) in [5.41, 5.74) is 3.53. The Kier molecular flexibility index (Phi) is 5.09. The van der Waals surface area contributed by atoms with Crippen LogP contribution in [0.1, 0.15) is 25.0 Å². The Labute approximate surface area is 143 Å². The number of anilines is 1. The van der Waals surface area contributed by atoms with E-state index in [-0.39, 0.29) is 6.10 Å². The van der Waals surface area contributed by atoms with Crippen molar-refractivity contribution in [1.82, 2.24) is 5.32 Å². The Morgan fingerprint density at radius 2 is 2.13 bits per heavy atom. The first kappa shape index (κ1) is 16.2. The van der Waals surface area contributed by atoms with Crippen LogP contribution in [0, 0.1) is 0 Å². The van der Waals surface area contributed by atoms with Gasteiger partial charge in [0.25, 0.3) is 0 Å². The van der Waals surface area contributed by atoms with E-state index >= 15 is 0 Å². The molecule has 0 fully saturated rings. The van der Waals surface area contributed by atoms with Gasteiger partial charge in [-0.05, 0) is 49.6 Å². The average molecular weight is 331 g/mol. The molecule has 0 bridgehead atoms. The number of halogens is 1. The minimum absolute atomic E-state index is 0.226. The van der Waals surface area contributed by atoms with E-state index in [0.29, 0.717) is 6.04 Å². The second kappa shape index (κ2) is 7.24. The Hall–Kier alpha value is -1.71. The van der Waals surface area contributed by atoms with Crippen molar-refractivity contribution < 1.29 is 4.74 Å². The van der Waals surface area contributed by atoms with Crippen LogP contribution in [-0.2, 0) is 13.0 Å². The van der Waals surface area contributed by atoms with Crippen molar-refractivity contribution in [3.8, 4) is 5.75 Å². The van der Waals surface area contributed by atoms with Crippen LogP contribution in [0.3, 0.4) is 0 Å². The Morgan fingerprint density at radius 1 is 1.30 bits per heavy atom. The quantitative estimate of drug-likeness (QED) is 0.859. The number of hydrogen-bond acceptors (Lipinski definition) is 3. The first-order valence-electron chi connectivity index (χ1n) is 8.12. The fourth-order valence-corrected chi connectivity index (χ4v) is 3.01. The second-order valence-corrected chi connectivity index (χ2v) is 6.62. The molecule has 1 aliphatic rings. The van der Waals surface area contributed by atoms with Crippen LogP contribution in [0.4, 0.5) is 5.69 Å². The van der Waals surface area contributed by atoms with E-state index < -0.39 is 0 Å². The highest BCUT2D eigenvalue weighted by Gasteiger charge is 2.16. The first-order valence-corrected chi connectivity index (χ1v) is 8.50. The summed E-state index contributed by atoms with van der Waals surface area (Å²) in [6.07, 6.45) is 1.19. The molecule has 0 saturated carbocycles. The fraction of sp³-hybridized carbons (Fsp3) is 0.368. The van der Waals surface area contributed by atoms with Gasteiger partial charge in [0.15, 0.2) is 0 Å². The molecule has 1 aliphatic heterocycles. The van der Waals surface area contributed by atoms with Gasteiger partial charge in [-0.15, -0.1) is 0 Å². The SMILES string of the molecule is CC(Cc1ccc2c(c1)NCC(C)O2)NCc1ccccc1Cl. The van der Waals surface area contributed by atoms with Gasteiger partial charge in [0.1, 0.15) is 11.9 Å². The highest BCUT2D eigenvalue weighted by atomic mass is 35.5. The van der Waals surface area contributed by atoms with Crippen molar-refractivity contribution in [2.24, 2.45) is 0 Å². The molecule has 0 saturated heterocycles. The topological polar surface area (TPSA) is 33.3 Å². The molecular formula is C19H23ClN2O. The smallest absolute Gasteiger partial charge is 0.142 e. The fourth-order valence-electron chi connectivity index (χ4n) is 2.81. The molecule has 0 aromatic heterocycles. The third-order valence-corrected chi connectivity index (χ3v) is 4.46. The molecule has 2 aromatic rings. The van der Waals surface area contributed by atoms with E-state index in [1.165, 1.54) is 5.56 Å². The van der Waals surface area contributed by atoms with Gasteiger partial charge in [0.2, 0.25) is 0 Å². The van der Waals surface area contributed by atoms with Crippen molar-refractivity contribution in [1.29, 1.82) is 0 Å². The monoisotopic (exact) mass is 330 g/mol. The van der Waals surface area contributed by atoms with Crippen LogP contribution in [0.25, 0.3) is 0 Å². The van der Waals surface area contributed by atoms with E-state index in [2.05, 4.69) is 48.7 Å². The lowest BCUT2D eigenvalue weighted by atomic mass is 10.0. The molecule has 4 heteroatoms. The van der Waals surface area contributed by atoms with Crippen molar-refractivity contribution in [2.75, 3.05) is 11.9 Å². The molecule has 0 amide bonds. The van der Waals surface area contributed by atoms with E-state index in [1.807, 2.05) is 18.2 Å². The summed E-state index contributed by atoms with van der Waals surface area (Å²) in [5.74, 6) is 0.948. The summed E-state index contributed by atoms with van der Waals surface area (Å²) in [6, 6.07) is 14.7. The number of ether oxygens (including phenoxy) is 1. The summed E-state index contributed by atoms with van der Waals surface area (Å²) in [6.45, 7) is 5.91. The van der Waals surface area contributed by atoms with Crippen LogP contribution in [0.2, 0.25) is 5.02 Å². The predicted molar refractivity (Wildman–Crippen MR) is 96.5 cm³/mol. The van der Waals surface area contributed by atoms with Gasteiger partial charge < -0.3 is 15.4 Å². The number of hydrogen-bond donors (Lipinski definition) is 2. The Bertz CT molecular complexity index is 674. The van der Waals surface area contributed by atoms with Gasteiger partial charge in [-0.3, -0.25) is 0 Å². The van der Waals surface area contributed by atoms with E-state index in [9.17, 15) is 0 Å². The zero-order valence-electron chi connectivity index (χ0n) is 13.6. The minimum atomic E-state index is 0.226. The molecule has 23 heavy (non-hydrogen) atoms.